The number of halogens is 1. The van der Waals surface area contributed by atoms with Crippen molar-refractivity contribution in [1.29, 1.82) is 0 Å². The number of benzene rings is 1. The van der Waals surface area contributed by atoms with Crippen molar-refractivity contribution in [1.82, 2.24) is 15.8 Å². The summed E-state index contributed by atoms with van der Waals surface area (Å²) in [4.78, 5) is 39.2. The number of nitrogens with zero attached hydrogens (tertiary/aromatic N) is 1. The SMILES string of the molecule is O=C(CN1C(=O)C(=Cc2cccs2)SC1=S)NNC(=O)c1ccccc1Cl. The van der Waals surface area contributed by atoms with Crippen LogP contribution in [0.2, 0.25) is 5.02 Å². The molecule has 1 aliphatic heterocycles. The molecule has 0 atom stereocenters. The quantitative estimate of drug-likeness (QED) is 0.436. The van der Waals surface area contributed by atoms with Crippen LogP contribution >= 0.6 is 46.9 Å². The summed E-state index contributed by atoms with van der Waals surface area (Å²) in [5, 5.41) is 2.17. The number of amides is 3. The van der Waals surface area contributed by atoms with Gasteiger partial charge in [-0.05, 0) is 29.7 Å². The number of nitrogens with one attached hydrogen (secondary N) is 2. The Kier molecular flexibility index (Phi) is 6.27. The number of hydrogen-bond donors (Lipinski definition) is 2. The van der Waals surface area contributed by atoms with E-state index in [1.165, 1.54) is 22.3 Å². The van der Waals surface area contributed by atoms with Gasteiger partial charge in [0.15, 0.2) is 0 Å². The fourth-order valence-corrected chi connectivity index (χ4v) is 4.36. The van der Waals surface area contributed by atoms with Crippen molar-refractivity contribution in [3.8, 4) is 0 Å². The average Bonchev–Trinajstić information content (AvgIpc) is 3.24. The predicted octanol–water partition coefficient (Wildman–Crippen LogP) is 3.06. The van der Waals surface area contributed by atoms with Crippen LogP contribution in [0.4, 0.5) is 0 Å². The first-order valence-corrected chi connectivity index (χ1v) is 10.1. The second-order valence-electron chi connectivity index (χ2n) is 5.27. The Bertz CT molecular complexity index is 944. The van der Waals surface area contributed by atoms with Crippen LogP contribution in [-0.4, -0.2) is 33.5 Å². The van der Waals surface area contributed by atoms with Crippen LogP contribution in [-0.2, 0) is 9.59 Å². The zero-order valence-corrected chi connectivity index (χ0v) is 16.8. The van der Waals surface area contributed by atoms with Gasteiger partial charge in [0.1, 0.15) is 10.9 Å². The van der Waals surface area contributed by atoms with Crippen LogP contribution in [0, 0.1) is 0 Å². The van der Waals surface area contributed by atoms with E-state index in [-0.39, 0.29) is 27.4 Å². The molecule has 1 saturated heterocycles. The van der Waals surface area contributed by atoms with E-state index in [4.69, 9.17) is 23.8 Å². The molecule has 2 aromatic rings. The topological polar surface area (TPSA) is 78.5 Å². The monoisotopic (exact) mass is 437 g/mol. The van der Waals surface area contributed by atoms with Crippen LogP contribution < -0.4 is 10.9 Å². The number of carbonyl (C=O) groups is 3. The first-order valence-electron chi connectivity index (χ1n) is 7.58. The van der Waals surface area contributed by atoms with Gasteiger partial charge in [-0.1, -0.05) is 53.8 Å². The fourth-order valence-electron chi connectivity index (χ4n) is 2.16. The normalized spacial score (nSPS) is 15.3. The molecule has 0 spiro atoms. The van der Waals surface area contributed by atoms with Crippen molar-refractivity contribution in [3.63, 3.8) is 0 Å². The first-order chi connectivity index (χ1) is 13.0. The molecule has 0 radical (unpaired) electrons. The number of hydrazine groups is 1. The minimum atomic E-state index is -0.580. The highest BCUT2D eigenvalue weighted by molar-refractivity contribution is 8.26. The van der Waals surface area contributed by atoms with Gasteiger partial charge in [0.05, 0.1) is 15.5 Å². The maximum absolute atomic E-state index is 12.5. The van der Waals surface area contributed by atoms with Gasteiger partial charge in [-0.3, -0.25) is 30.1 Å². The summed E-state index contributed by atoms with van der Waals surface area (Å²) >= 11 is 13.7. The molecular formula is C17H12ClN3O3S3. The Hall–Kier alpha value is -2.20. The van der Waals surface area contributed by atoms with Gasteiger partial charge in [0.2, 0.25) is 0 Å². The van der Waals surface area contributed by atoms with Crippen molar-refractivity contribution < 1.29 is 14.4 Å². The summed E-state index contributed by atoms with van der Waals surface area (Å²) in [6, 6.07) is 10.2. The Morgan fingerprint density at radius 3 is 2.67 bits per heavy atom. The molecule has 27 heavy (non-hydrogen) atoms. The zero-order chi connectivity index (χ0) is 19.4. The smallest absolute Gasteiger partial charge is 0.271 e. The fraction of sp³-hybridized carbons (Fsp3) is 0.0588. The van der Waals surface area contributed by atoms with Crippen LogP contribution in [0.15, 0.2) is 46.7 Å². The third-order valence-electron chi connectivity index (χ3n) is 3.43. The Balaban J connectivity index is 1.58. The number of carbonyl (C=O) groups excluding carboxylic acids is 3. The summed E-state index contributed by atoms with van der Waals surface area (Å²) in [7, 11) is 0. The minimum Gasteiger partial charge on any atom is -0.283 e. The third kappa shape index (κ3) is 4.75. The molecule has 0 bridgehead atoms. The first kappa shape index (κ1) is 19.6. The third-order valence-corrected chi connectivity index (χ3v) is 5.95. The predicted molar refractivity (Wildman–Crippen MR) is 111 cm³/mol. The van der Waals surface area contributed by atoms with Crippen LogP contribution in [0.5, 0.6) is 0 Å². The standard InChI is InChI=1S/C17H12ClN3O3S3/c18-12-6-2-1-5-11(12)15(23)20-19-14(22)9-21-16(24)13(27-17(21)25)8-10-4-3-7-26-10/h1-8H,9H2,(H,19,22)(H,20,23). The summed E-state index contributed by atoms with van der Waals surface area (Å²) < 4.78 is 0.287. The highest BCUT2D eigenvalue weighted by atomic mass is 35.5. The van der Waals surface area contributed by atoms with E-state index >= 15 is 0 Å². The zero-order valence-electron chi connectivity index (χ0n) is 13.6. The molecule has 1 fully saturated rings. The van der Waals surface area contributed by atoms with Gasteiger partial charge in [0, 0.05) is 4.88 Å². The molecule has 2 heterocycles. The van der Waals surface area contributed by atoms with E-state index in [9.17, 15) is 14.4 Å². The number of hydrogen-bond acceptors (Lipinski definition) is 6. The van der Waals surface area contributed by atoms with Crippen molar-refractivity contribution in [2.45, 2.75) is 0 Å². The molecule has 0 aliphatic carbocycles. The van der Waals surface area contributed by atoms with Crippen molar-refractivity contribution in [2.75, 3.05) is 6.54 Å². The van der Waals surface area contributed by atoms with Crippen molar-refractivity contribution >= 4 is 75.0 Å². The lowest BCUT2D eigenvalue weighted by Gasteiger charge is -2.14. The second kappa shape index (κ2) is 8.66. The average molecular weight is 438 g/mol. The molecule has 10 heteroatoms. The molecule has 1 aliphatic rings. The summed E-state index contributed by atoms with van der Waals surface area (Å²) in [6.45, 7) is -0.296. The van der Waals surface area contributed by atoms with Crippen LogP contribution in [0.1, 0.15) is 15.2 Å². The maximum atomic E-state index is 12.5. The molecule has 3 rings (SSSR count). The van der Waals surface area contributed by atoms with E-state index in [1.807, 2.05) is 17.5 Å². The molecule has 0 saturated carbocycles. The molecule has 1 aromatic heterocycles. The molecule has 1 aromatic carbocycles. The van der Waals surface area contributed by atoms with Gasteiger partial charge in [-0.25, -0.2) is 0 Å². The highest BCUT2D eigenvalue weighted by Crippen LogP contribution is 2.32. The van der Waals surface area contributed by atoms with E-state index in [2.05, 4.69) is 10.9 Å². The molecule has 2 N–H and O–H groups in total. The number of thioether (sulfide) groups is 1. The molecule has 138 valence electrons. The second-order valence-corrected chi connectivity index (χ2v) is 8.33. The van der Waals surface area contributed by atoms with Crippen molar-refractivity contribution in [2.24, 2.45) is 0 Å². The summed E-state index contributed by atoms with van der Waals surface area (Å²) in [6.07, 6.45) is 1.74. The van der Waals surface area contributed by atoms with E-state index in [0.717, 1.165) is 16.6 Å². The molecule has 3 amide bonds. The largest absolute Gasteiger partial charge is 0.283 e. The van der Waals surface area contributed by atoms with E-state index in [0.29, 0.717) is 4.91 Å². The Morgan fingerprint density at radius 1 is 1.19 bits per heavy atom. The number of thiocarbonyl (C=S) groups is 1. The highest BCUT2D eigenvalue weighted by Gasteiger charge is 2.33. The lowest BCUT2D eigenvalue weighted by Crippen LogP contribution is -2.47. The summed E-state index contributed by atoms with van der Waals surface area (Å²) in [5.41, 5.74) is 4.75. The minimum absolute atomic E-state index is 0.226. The number of rotatable bonds is 4. The van der Waals surface area contributed by atoms with Crippen LogP contribution in [0.25, 0.3) is 6.08 Å². The van der Waals surface area contributed by atoms with Gasteiger partial charge >= 0.3 is 0 Å². The lowest BCUT2D eigenvalue weighted by atomic mass is 10.2. The maximum Gasteiger partial charge on any atom is 0.271 e. The molecule has 6 nitrogen and oxygen atoms in total. The van der Waals surface area contributed by atoms with Crippen molar-refractivity contribution in [3.05, 3.63) is 62.1 Å². The Morgan fingerprint density at radius 2 is 1.96 bits per heavy atom. The van der Waals surface area contributed by atoms with Gasteiger partial charge in [-0.2, -0.15) is 0 Å². The molecule has 0 unspecified atom stereocenters. The summed E-state index contributed by atoms with van der Waals surface area (Å²) in [5.74, 6) is -1.48. The van der Waals surface area contributed by atoms with Gasteiger partial charge < -0.3 is 0 Å². The van der Waals surface area contributed by atoms with Gasteiger partial charge in [-0.15, -0.1) is 11.3 Å². The van der Waals surface area contributed by atoms with E-state index in [1.54, 1.807) is 24.3 Å². The van der Waals surface area contributed by atoms with E-state index < -0.39 is 11.8 Å². The lowest BCUT2D eigenvalue weighted by molar-refractivity contribution is -0.129. The molecular weight excluding hydrogens is 426 g/mol. The number of thiophene rings is 1. The Labute approximate surface area is 173 Å². The van der Waals surface area contributed by atoms with Crippen LogP contribution in [0.3, 0.4) is 0 Å². The van der Waals surface area contributed by atoms with Gasteiger partial charge in [0.25, 0.3) is 17.7 Å².